The number of benzene rings is 2. The molecule has 2 nitrogen and oxygen atoms in total. The molecule has 0 unspecified atom stereocenters. The van der Waals surface area contributed by atoms with Gasteiger partial charge in [0.05, 0.1) is 0 Å². The molecule has 0 amide bonds. The molecule has 94 valence electrons. The maximum absolute atomic E-state index is 6.08. The highest BCUT2D eigenvalue weighted by atomic mass is 35.5. The van der Waals surface area contributed by atoms with Crippen LogP contribution in [0.1, 0.15) is 18.1 Å². The standard InChI is InChI=1S/C15H16ClNO/c1-2-11-3-6-13(7-4-11)18-14-8-5-12(10-17)15(16)9-14/h3-9H,2,10,17H2,1H3. The molecular formula is C15H16ClNO. The van der Waals surface area contributed by atoms with Crippen LogP contribution in [0.5, 0.6) is 11.5 Å². The van der Waals surface area contributed by atoms with Gasteiger partial charge in [-0.3, -0.25) is 0 Å². The van der Waals surface area contributed by atoms with Gasteiger partial charge in [0.15, 0.2) is 0 Å². The summed E-state index contributed by atoms with van der Waals surface area (Å²) in [4.78, 5) is 0. The zero-order valence-corrected chi connectivity index (χ0v) is 11.1. The minimum Gasteiger partial charge on any atom is -0.457 e. The average molecular weight is 262 g/mol. The Morgan fingerprint density at radius 2 is 1.72 bits per heavy atom. The monoisotopic (exact) mass is 261 g/mol. The number of aryl methyl sites for hydroxylation is 1. The molecule has 0 heterocycles. The Balaban J connectivity index is 2.15. The molecule has 0 bridgehead atoms. The van der Waals surface area contributed by atoms with Crippen LogP contribution in [-0.2, 0) is 13.0 Å². The number of rotatable bonds is 4. The Bertz CT molecular complexity index is 523. The Kier molecular flexibility index (Phi) is 4.24. The lowest BCUT2D eigenvalue weighted by Gasteiger charge is -2.08. The van der Waals surface area contributed by atoms with Gasteiger partial charge in [0.25, 0.3) is 0 Å². The van der Waals surface area contributed by atoms with E-state index in [-0.39, 0.29) is 0 Å². The van der Waals surface area contributed by atoms with Crippen molar-refractivity contribution in [1.29, 1.82) is 0 Å². The third-order valence-corrected chi connectivity index (χ3v) is 3.16. The van der Waals surface area contributed by atoms with Crippen molar-refractivity contribution in [1.82, 2.24) is 0 Å². The highest BCUT2D eigenvalue weighted by Crippen LogP contribution is 2.26. The second-order valence-corrected chi connectivity index (χ2v) is 4.46. The fourth-order valence-electron chi connectivity index (χ4n) is 1.69. The van der Waals surface area contributed by atoms with E-state index in [1.54, 1.807) is 6.07 Å². The summed E-state index contributed by atoms with van der Waals surface area (Å²) in [5.74, 6) is 1.53. The van der Waals surface area contributed by atoms with Crippen LogP contribution >= 0.6 is 11.6 Å². The van der Waals surface area contributed by atoms with Gasteiger partial charge in [-0.2, -0.15) is 0 Å². The van der Waals surface area contributed by atoms with Gasteiger partial charge in [0.2, 0.25) is 0 Å². The molecule has 0 aliphatic heterocycles. The van der Waals surface area contributed by atoms with Gasteiger partial charge in [0.1, 0.15) is 11.5 Å². The lowest BCUT2D eigenvalue weighted by atomic mass is 10.2. The van der Waals surface area contributed by atoms with Crippen LogP contribution in [0.4, 0.5) is 0 Å². The van der Waals surface area contributed by atoms with Crippen LogP contribution in [0.15, 0.2) is 42.5 Å². The first-order valence-corrected chi connectivity index (χ1v) is 6.36. The third kappa shape index (κ3) is 3.03. The van der Waals surface area contributed by atoms with Crippen LogP contribution in [0.2, 0.25) is 5.02 Å². The molecule has 2 aromatic rings. The summed E-state index contributed by atoms with van der Waals surface area (Å²) in [7, 11) is 0. The zero-order valence-electron chi connectivity index (χ0n) is 10.3. The summed E-state index contributed by atoms with van der Waals surface area (Å²) >= 11 is 6.08. The molecule has 0 atom stereocenters. The largest absolute Gasteiger partial charge is 0.457 e. The number of hydrogen-bond donors (Lipinski definition) is 1. The van der Waals surface area contributed by atoms with Crippen molar-refractivity contribution in [2.24, 2.45) is 5.73 Å². The maximum atomic E-state index is 6.08. The smallest absolute Gasteiger partial charge is 0.128 e. The molecule has 0 fully saturated rings. The Labute approximate surface area is 112 Å². The van der Waals surface area contributed by atoms with Gasteiger partial charge >= 0.3 is 0 Å². The molecule has 2 aromatic carbocycles. The first-order valence-electron chi connectivity index (χ1n) is 5.98. The normalized spacial score (nSPS) is 10.4. The van der Waals surface area contributed by atoms with Gasteiger partial charge < -0.3 is 10.5 Å². The maximum Gasteiger partial charge on any atom is 0.128 e. The fourth-order valence-corrected chi connectivity index (χ4v) is 1.93. The summed E-state index contributed by atoms with van der Waals surface area (Å²) in [6.07, 6.45) is 1.03. The second-order valence-electron chi connectivity index (χ2n) is 4.06. The topological polar surface area (TPSA) is 35.2 Å². The number of halogens is 1. The van der Waals surface area contributed by atoms with Crippen molar-refractivity contribution in [3.63, 3.8) is 0 Å². The van der Waals surface area contributed by atoms with E-state index < -0.39 is 0 Å². The van der Waals surface area contributed by atoms with E-state index >= 15 is 0 Å². The molecular weight excluding hydrogens is 246 g/mol. The second kappa shape index (κ2) is 5.89. The summed E-state index contributed by atoms with van der Waals surface area (Å²) in [5.41, 5.74) is 7.77. The minimum atomic E-state index is 0.435. The Morgan fingerprint density at radius 1 is 1.06 bits per heavy atom. The number of ether oxygens (including phenoxy) is 1. The van der Waals surface area contributed by atoms with Gasteiger partial charge in [0, 0.05) is 11.6 Å². The molecule has 18 heavy (non-hydrogen) atoms. The molecule has 0 radical (unpaired) electrons. The van der Waals surface area contributed by atoms with Crippen LogP contribution in [-0.4, -0.2) is 0 Å². The summed E-state index contributed by atoms with van der Waals surface area (Å²) in [6.45, 7) is 2.56. The summed E-state index contributed by atoms with van der Waals surface area (Å²) < 4.78 is 5.73. The van der Waals surface area contributed by atoms with Crippen molar-refractivity contribution in [3.05, 3.63) is 58.6 Å². The molecule has 0 aromatic heterocycles. The van der Waals surface area contributed by atoms with Crippen molar-refractivity contribution in [3.8, 4) is 11.5 Å². The molecule has 2 rings (SSSR count). The van der Waals surface area contributed by atoms with Crippen molar-refractivity contribution in [2.75, 3.05) is 0 Å². The molecule has 0 spiro atoms. The number of nitrogens with two attached hydrogens (primary N) is 1. The molecule has 3 heteroatoms. The molecule has 0 saturated heterocycles. The van der Waals surface area contributed by atoms with Gasteiger partial charge in [-0.1, -0.05) is 36.7 Å². The summed E-state index contributed by atoms with van der Waals surface area (Å²) in [6, 6.07) is 13.6. The van der Waals surface area contributed by atoms with E-state index in [1.807, 2.05) is 24.3 Å². The van der Waals surface area contributed by atoms with E-state index in [4.69, 9.17) is 22.1 Å². The predicted molar refractivity (Wildman–Crippen MR) is 75.2 cm³/mol. The molecule has 2 N–H and O–H groups in total. The first kappa shape index (κ1) is 12.9. The fraction of sp³-hybridized carbons (Fsp3) is 0.200. The van der Waals surface area contributed by atoms with E-state index in [2.05, 4.69) is 19.1 Å². The minimum absolute atomic E-state index is 0.435. The lowest BCUT2D eigenvalue weighted by Crippen LogP contribution is -1.97. The van der Waals surface area contributed by atoms with Crippen molar-refractivity contribution in [2.45, 2.75) is 19.9 Å². The van der Waals surface area contributed by atoms with E-state index in [0.717, 1.165) is 23.5 Å². The Hall–Kier alpha value is -1.51. The molecule has 0 aliphatic carbocycles. The summed E-state index contributed by atoms with van der Waals surface area (Å²) in [5, 5.41) is 0.639. The molecule has 0 aliphatic rings. The van der Waals surface area contributed by atoms with Crippen LogP contribution < -0.4 is 10.5 Å². The quantitative estimate of drug-likeness (QED) is 0.897. The third-order valence-electron chi connectivity index (χ3n) is 2.81. The van der Waals surface area contributed by atoms with Crippen LogP contribution in [0, 0.1) is 0 Å². The lowest BCUT2D eigenvalue weighted by molar-refractivity contribution is 0.482. The average Bonchev–Trinajstić information content (AvgIpc) is 2.40. The zero-order chi connectivity index (χ0) is 13.0. The SMILES string of the molecule is CCc1ccc(Oc2ccc(CN)c(Cl)c2)cc1. The van der Waals surface area contributed by atoms with Crippen molar-refractivity contribution >= 4 is 11.6 Å². The van der Waals surface area contributed by atoms with Crippen LogP contribution in [0.3, 0.4) is 0 Å². The van der Waals surface area contributed by atoms with E-state index in [9.17, 15) is 0 Å². The predicted octanol–water partition coefficient (Wildman–Crippen LogP) is 4.15. The highest BCUT2D eigenvalue weighted by Gasteiger charge is 2.02. The van der Waals surface area contributed by atoms with Gasteiger partial charge in [-0.05, 0) is 41.8 Å². The van der Waals surface area contributed by atoms with Crippen molar-refractivity contribution < 1.29 is 4.74 Å². The van der Waals surface area contributed by atoms with E-state index in [0.29, 0.717) is 11.6 Å². The first-order chi connectivity index (χ1) is 8.72. The molecule has 0 saturated carbocycles. The van der Waals surface area contributed by atoms with Gasteiger partial charge in [-0.15, -0.1) is 0 Å². The van der Waals surface area contributed by atoms with E-state index in [1.165, 1.54) is 5.56 Å². The number of hydrogen-bond acceptors (Lipinski definition) is 2. The van der Waals surface area contributed by atoms with Gasteiger partial charge in [-0.25, -0.2) is 0 Å². The highest BCUT2D eigenvalue weighted by molar-refractivity contribution is 6.31. The Morgan fingerprint density at radius 3 is 2.28 bits per heavy atom. The van der Waals surface area contributed by atoms with Crippen LogP contribution in [0.25, 0.3) is 0 Å².